The first-order valence-corrected chi connectivity index (χ1v) is 9.96. The molecule has 0 bridgehead atoms. The van der Waals surface area contributed by atoms with Gasteiger partial charge in [0, 0.05) is 19.6 Å². The average molecular weight is 410 g/mol. The monoisotopic (exact) mass is 410 g/mol. The lowest BCUT2D eigenvalue weighted by Crippen LogP contribution is -2.54. The van der Waals surface area contributed by atoms with E-state index in [4.69, 9.17) is 18.3 Å². The molecule has 0 aromatic heterocycles. The molecular formula is C19H35BN4O5. The van der Waals surface area contributed by atoms with Gasteiger partial charge in [0.2, 0.25) is 11.8 Å². The number of urea groups is 1. The summed E-state index contributed by atoms with van der Waals surface area (Å²) in [5.74, 6) is -0.944. The van der Waals surface area contributed by atoms with Crippen LogP contribution in [0.5, 0.6) is 0 Å². The van der Waals surface area contributed by atoms with Gasteiger partial charge in [-0.1, -0.05) is 13.8 Å². The molecule has 0 aliphatic heterocycles. The van der Waals surface area contributed by atoms with E-state index in [-0.39, 0.29) is 31.2 Å². The third-order valence-corrected chi connectivity index (χ3v) is 4.38. The van der Waals surface area contributed by atoms with E-state index in [0.29, 0.717) is 19.4 Å². The summed E-state index contributed by atoms with van der Waals surface area (Å²) < 4.78 is 5.58. The first-order chi connectivity index (χ1) is 13.4. The molecule has 2 atom stereocenters. The van der Waals surface area contributed by atoms with Crippen LogP contribution in [0.2, 0.25) is 0 Å². The Hall–Kier alpha value is -2.10. The molecule has 164 valence electrons. The molecule has 0 aromatic rings. The molecule has 0 fully saturated rings. The number of hydrogen-bond donors (Lipinski definition) is 4. The number of carbonyl (C=O) groups is 4. The molecule has 4 amide bonds. The van der Waals surface area contributed by atoms with Crippen molar-refractivity contribution < 1.29 is 23.9 Å². The van der Waals surface area contributed by atoms with Crippen molar-refractivity contribution in [1.29, 1.82) is 0 Å². The Kier molecular flexibility index (Phi) is 12.2. The second-order valence-corrected chi connectivity index (χ2v) is 7.88. The molecule has 0 rings (SSSR count). The molecule has 1 unspecified atom stereocenters. The number of amides is 4. The third kappa shape index (κ3) is 12.2. The van der Waals surface area contributed by atoms with Crippen molar-refractivity contribution in [3.05, 3.63) is 0 Å². The van der Waals surface area contributed by atoms with E-state index in [1.54, 1.807) is 13.8 Å². The van der Waals surface area contributed by atoms with Crippen molar-refractivity contribution in [2.75, 3.05) is 13.2 Å². The highest BCUT2D eigenvalue weighted by Gasteiger charge is 2.28. The molecule has 0 aromatic carbocycles. The van der Waals surface area contributed by atoms with Crippen LogP contribution in [0.3, 0.4) is 0 Å². The number of primary amides is 1. The van der Waals surface area contributed by atoms with Crippen LogP contribution in [-0.4, -0.2) is 62.2 Å². The SMILES string of the molecule is [B]C(=O)[C@H](CCCNC(N)=O)NC(=O)C(NC(=O)CCC(C)(C)OCC)C(C)C. The maximum atomic E-state index is 12.6. The number of rotatable bonds is 14. The first-order valence-electron chi connectivity index (χ1n) is 9.96. The van der Waals surface area contributed by atoms with Crippen molar-refractivity contribution in [2.45, 2.75) is 78.0 Å². The highest BCUT2D eigenvalue weighted by molar-refractivity contribution is 6.59. The van der Waals surface area contributed by atoms with Crippen molar-refractivity contribution in [3.63, 3.8) is 0 Å². The predicted molar refractivity (Wildman–Crippen MR) is 111 cm³/mol. The second kappa shape index (κ2) is 13.2. The van der Waals surface area contributed by atoms with Gasteiger partial charge >= 0.3 is 6.03 Å². The van der Waals surface area contributed by atoms with Crippen LogP contribution in [0, 0.1) is 5.92 Å². The van der Waals surface area contributed by atoms with E-state index < -0.39 is 35.3 Å². The summed E-state index contributed by atoms with van der Waals surface area (Å²) in [6.45, 7) is 10.1. The summed E-state index contributed by atoms with van der Waals surface area (Å²) in [4.78, 5) is 47.3. The van der Waals surface area contributed by atoms with Gasteiger partial charge in [0.05, 0.1) is 17.3 Å². The zero-order chi connectivity index (χ0) is 22.6. The lowest BCUT2D eigenvalue weighted by molar-refractivity contribution is -0.132. The Bertz CT molecular complexity index is 569. The minimum absolute atomic E-state index is 0.191. The standard InChI is InChI=1S/C19H35BN4O5/c1-6-29-19(4,5)10-9-14(25)24-15(12(2)3)17(27)23-13(16(20)26)8-7-11-22-18(21)28/h12-13,15H,6-11H2,1-5H3,(H,23,27)(H,24,25)(H3,21,22,28)/t13-,15?/m0/s1. The highest BCUT2D eigenvalue weighted by Crippen LogP contribution is 2.16. The number of hydrogen-bond acceptors (Lipinski definition) is 5. The number of ether oxygens (including phenoxy) is 1. The largest absolute Gasteiger partial charge is 0.376 e. The molecule has 10 heteroatoms. The predicted octanol–water partition coefficient (Wildman–Crippen LogP) is 0.351. The van der Waals surface area contributed by atoms with Crippen LogP contribution in [0.25, 0.3) is 0 Å². The van der Waals surface area contributed by atoms with Crippen LogP contribution in [0.4, 0.5) is 4.79 Å². The van der Waals surface area contributed by atoms with E-state index in [1.807, 2.05) is 20.8 Å². The molecule has 0 saturated carbocycles. The molecule has 0 aliphatic carbocycles. The molecule has 5 N–H and O–H groups in total. The quantitative estimate of drug-likeness (QED) is 0.242. The number of nitrogens with two attached hydrogens (primary N) is 1. The Morgan fingerprint density at radius 3 is 2.24 bits per heavy atom. The fourth-order valence-corrected chi connectivity index (χ4v) is 2.72. The third-order valence-electron chi connectivity index (χ3n) is 4.38. The van der Waals surface area contributed by atoms with Crippen molar-refractivity contribution in [1.82, 2.24) is 16.0 Å². The molecule has 0 aliphatic rings. The second-order valence-electron chi connectivity index (χ2n) is 7.88. The minimum atomic E-state index is -0.910. The molecule has 0 heterocycles. The van der Waals surface area contributed by atoms with Gasteiger partial charge in [0.25, 0.3) is 0 Å². The van der Waals surface area contributed by atoms with E-state index in [1.165, 1.54) is 0 Å². The number of carbonyl (C=O) groups excluding carboxylic acids is 4. The van der Waals surface area contributed by atoms with Crippen molar-refractivity contribution >= 4 is 31.4 Å². The topological polar surface area (TPSA) is 140 Å². The van der Waals surface area contributed by atoms with Crippen LogP contribution in [0.15, 0.2) is 0 Å². The summed E-state index contributed by atoms with van der Waals surface area (Å²) in [6, 6.07) is -2.38. The zero-order valence-electron chi connectivity index (χ0n) is 18.2. The average Bonchev–Trinajstić information content (AvgIpc) is 2.59. The fourth-order valence-electron chi connectivity index (χ4n) is 2.72. The van der Waals surface area contributed by atoms with Crippen LogP contribution < -0.4 is 21.7 Å². The lowest BCUT2D eigenvalue weighted by Gasteiger charge is -2.27. The van der Waals surface area contributed by atoms with Crippen molar-refractivity contribution in [2.24, 2.45) is 11.7 Å². The van der Waals surface area contributed by atoms with Gasteiger partial charge < -0.3 is 31.2 Å². The van der Waals surface area contributed by atoms with Crippen LogP contribution in [0.1, 0.15) is 60.3 Å². The normalized spacial score (nSPS) is 13.4. The van der Waals surface area contributed by atoms with Gasteiger partial charge in [-0.2, -0.15) is 0 Å². The van der Waals surface area contributed by atoms with Gasteiger partial charge in [-0.25, -0.2) is 4.79 Å². The lowest BCUT2D eigenvalue weighted by atomic mass is 9.91. The van der Waals surface area contributed by atoms with Gasteiger partial charge in [-0.15, -0.1) is 0 Å². The van der Waals surface area contributed by atoms with E-state index >= 15 is 0 Å². The summed E-state index contributed by atoms with van der Waals surface area (Å²) in [5.41, 5.74) is 3.86. The van der Waals surface area contributed by atoms with E-state index in [0.717, 1.165) is 0 Å². The van der Waals surface area contributed by atoms with E-state index in [2.05, 4.69) is 16.0 Å². The first kappa shape index (κ1) is 26.9. The Morgan fingerprint density at radius 2 is 1.76 bits per heavy atom. The maximum Gasteiger partial charge on any atom is 0.312 e. The van der Waals surface area contributed by atoms with Crippen molar-refractivity contribution in [3.8, 4) is 0 Å². The maximum absolute atomic E-state index is 12.6. The van der Waals surface area contributed by atoms with Crippen LogP contribution >= 0.6 is 0 Å². The van der Waals surface area contributed by atoms with Gasteiger partial charge in [-0.3, -0.25) is 9.59 Å². The molecular weight excluding hydrogens is 375 g/mol. The van der Waals surface area contributed by atoms with Gasteiger partial charge in [0.1, 0.15) is 6.04 Å². The summed E-state index contributed by atoms with van der Waals surface area (Å²) in [5, 5.41) is 7.71. The smallest absolute Gasteiger partial charge is 0.312 e. The summed E-state index contributed by atoms with van der Waals surface area (Å²) in [7, 11) is 5.36. The molecule has 2 radical (unpaired) electrons. The highest BCUT2D eigenvalue weighted by atomic mass is 16.5. The Balaban J connectivity index is 4.78. The Morgan fingerprint density at radius 1 is 1.14 bits per heavy atom. The van der Waals surface area contributed by atoms with Gasteiger partial charge in [-0.05, 0) is 46.0 Å². The summed E-state index contributed by atoms with van der Waals surface area (Å²) in [6.07, 6.45) is 1.36. The molecule has 0 saturated heterocycles. The zero-order valence-corrected chi connectivity index (χ0v) is 18.2. The fraction of sp³-hybridized carbons (Fsp3) is 0.789. The molecule has 0 spiro atoms. The minimum Gasteiger partial charge on any atom is -0.376 e. The van der Waals surface area contributed by atoms with Gasteiger partial charge in [0.15, 0.2) is 7.85 Å². The molecule has 9 nitrogen and oxygen atoms in total. The number of nitrogens with one attached hydrogen (secondary N) is 3. The van der Waals surface area contributed by atoms with E-state index in [9.17, 15) is 19.2 Å². The van der Waals surface area contributed by atoms with Crippen LogP contribution in [-0.2, 0) is 19.1 Å². The Labute approximate surface area is 174 Å². The molecule has 29 heavy (non-hydrogen) atoms. The summed E-state index contributed by atoms with van der Waals surface area (Å²) >= 11 is 0.